The number of halogens is 4. The molecule has 0 bridgehead atoms. The molecule has 0 saturated carbocycles. The average Bonchev–Trinajstić information content (AvgIpc) is 2.24. The van der Waals surface area contributed by atoms with E-state index in [4.69, 9.17) is 0 Å². The molecule has 1 atom stereocenters. The Morgan fingerprint density at radius 1 is 1.39 bits per heavy atom. The predicted molar refractivity (Wildman–Crippen MR) is 63.2 cm³/mol. The van der Waals surface area contributed by atoms with Gasteiger partial charge in [0, 0.05) is 4.47 Å². The molecule has 0 heterocycles. The van der Waals surface area contributed by atoms with Gasteiger partial charge in [-0.3, -0.25) is 4.18 Å². The summed E-state index contributed by atoms with van der Waals surface area (Å²) in [6, 6.07) is 6.28. The highest BCUT2D eigenvalue weighted by Crippen LogP contribution is 2.32. The first kappa shape index (κ1) is 15.5. The van der Waals surface area contributed by atoms with Crippen molar-refractivity contribution < 1.29 is 25.8 Å². The molecule has 0 aliphatic carbocycles. The molecular formula is C10H10BrF3O3S. The van der Waals surface area contributed by atoms with E-state index >= 15 is 0 Å². The van der Waals surface area contributed by atoms with Gasteiger partial charge >= 0.3 is 15.6 Å². The first-order chi connectivity index (χ1) is 8.17. The van der Waals surface area contributed by atoms with E-state index in [9.17, 15) is 21.6 Å². The molecule has 0 spiro atoms. The molecule has 1 aromatic carbocycles. The van der Waals surface area contributed by atoms with E-state index in [2.05, 4.69) is 20.1 Å². The number of alkyl halides is 3. The van der Waals surface area contributed by atoms with Crippen LogP contribution < -0.4 is 0 Å². The average molecular weight is 347 g/mol. The lowest BCUT2D eigenvalue weighted by Crippen LogP contribution is -2.27. The Bertz CT molecular complexity index is 513. The van der Waals surface area contributed by atoms with Crippen molar-refractivity contribution in [1.82, 2.24) is 0 Å². The fourth-order valence-corrected chi connectivity index (χ4v) is 2.35. The van der Waals surface area contributed by atoms with E-state index < -0.39 is 21.7 Å². The Morgan fingerprint density at radius 3 is 2.44 bits per heavy atom. The van der Waals surface area contributed by atoms with Gasteiger partial charge in [-0.25, -0.2) is 0 Å². The molecule has 1 rings (SSSR count). The first-order valence-corrected chi connectivity index (χ1v) is 7.12. The SMILES string of the molecule is CCC(OS(=O)(=O)C(F)(F)F)c1cccc(Br)c1. The second kappa shape index (κ2) is 5.58. The Morgan fingerprint density at radius 2 is 2.00 bits per heavy atom. The third-order valence-corrected chi connectivity index (χ3v) is 3.66. The molecule has 1 aromatic rings. The van der Waals surface area contributed by atoms with Gasteiger partial charge in [0.15, 0.2) is 0 Å². The van der Waals surface area contributed by atoms with Crippen LogP contribution in [0.2, 0.25) is 0 Å². The quantitative estimate of drug-likeness (QED) is 0.615. The van der Waals surface area contributed by atoms with Gasteiger partial charge < -0.3 is 0 Å². The van der Waals surface area contributed by atoms with Gasteiger partial charge in [-0.15, -0.1) is 0 Å². The zero-order valence-corrected chi connectivity index (χ0v) is 11.6. The highest BCUT2D eigenvalue weighted by molar-refractivity contribution is 9.10. The molecule has 1 unspecified atom stereocenters. The van der Waals surface area contributed by atoms with Crippen LogP contribution in [0.3, 0.4) is 0 Å². The van der Waals surface area contributed by atoms with Crippen LogP contribution >= 0.6 is 15.9 Å². The van der Waals surface area contributed by atoms with Crippen molar-refractivity contribution in [1.29, 1.82) is 0 Å². The second-order valence-electron chi connectivity index (χ2n) is 3.45. The number of hydrogen-bond donors (Lipinski definition) is 0. The summed E-state index contributed by atoms with van der Waals surface area (Å²) in [6.07, 6.45) is -1.06. The molecule has 3 nitrogen and oxygen atoms in total. The molecule has 0 aliphatic rings. The lowest BCUT2D eigenvalue weighted by Gasteiger charge is -2.17. The second-order valence-corrected chi connectivity index (χ2v) is 5.93. The standard InChI is InChI=1S/C10H10BrF3O3S/c1-2-9(7-4-3-5-8(11)6-7)17-18(15,16)10(12,13)14/h3-6,9H,2H2,1H3. The van der Waals surface area contributed by atoms with Gasteiger partial charge in [-0.05, 0) is 24.1 Å². The minimum absolute atomic E-state index is 0.103. The van der Waals surface area contributed by atoms with Crippen molar-refractivity contribution in [3.05, 3.63) is 34.3 Å². The van der Waals surface area contributed by atoms with E-state index in [0.717, 1.165) is 0 Å². The summed E-state index contributed by atoms with van der Waals surface area (Å²) in [7, 11) is -5.59. The molecular weight excluding hydrogens is 337 g/mol. The summed E-state index contributed by atoms with van der Waals surface area (Å²) < 4.78 is 63.3. The molecule has 0 saturated heterocycles. The summed E-state index contributed by atoms with van der Waals surface area (Å²) in [5, 5.41) is 0. The van der Waals surface area contributed by atoms with E-state index in [1.165, 1.54) is 19.1 Å². The predicted octanol–water partition coefficient (Wildman–Crippen LogP) is 3.77. The van der Waals surface area contributed by atoms with E-state index in [1.807, 2.05) is 0 Å². The van der Waals surface area contributed by atoms with E-state index in [0.29, 0.717) is 10.0 Å². The largest absolute Gasteiger partial charge is 0.523 e. The van der Waals surface area contributed by atoms with Crippen molar-refractivity contribution >= 4 is 26.0 Å². The minimum atomic E-state index is -5.59. The van der Waals surface area contributed by atoms with Crippen LogP contribution in [0.4, 0.5) is 13.2 Å². The molecule has 8 heteroatoms. The monoisotopic (exact) mass is 346 g/mol. The van der Waals surface area contributed by atoms with Crippen LogP contribution in [0.5, 0.6) is 0 Å². The third kappa shape index (κ3) is 3.69. The molecule has 0 aromatic heterocycles. The fraction of sp³-hybridized carbons (Fsp3) is 0.400. The third-order valence-electron chi connectivity index (χ3n) is 2.12. The highest BCUT2D eigenvalue weighted by Gasteiger charge is 2.48. The molecule has 18 heavy (non-hydrogen) atoms. The summed E-state index contributed by atoms with van der Waals surface area (Å²) in [4.78, 5) is 0. The van der Waals surface area contributed by atoms with Crippen LogP contribution in [0, 0.1) is 0 Å². The van der Waals surface area contributed by atoms with Gasteiger partial charge in [0.2, 0.25) is 0 Å². The Kier molecular flexibility index (Phi) is 4.79. The summed E-state index contributed by atoms with van der Waals surface area (Å²) in [6.45, 7) is 1.54. The van der Waals surface area contributed by atoms with Crippen molar-refractivity contribution in [2.45, 2.75) is 25.0 Å². The van der Waals surface area contributed by atoms with E-state index in [1.54, 1.807) is 12.1 Å². The first-order valence-electron chi connectivity index (χ1n) is 4.92. The maximum absolute atomic E-state index is 12.2. The van der Waals surface area contributed by atoms with Crippen molar-refractivity contribution in [2.75, 3.05) is 0 Å². The van der Waals surface area contributed by atoms with Crippen LogP contribution in [0.1, 0.15) is 25.0 Å². The fourth-order valence-electron chi connectivity index (χ4n) is 1.27. The van der Waals surface area contributed by atoms with Gasteiger partial charge in [0.05, 0.1) is 0 Å². The topological polar surface area (TPSA) is 43.4 Å². The lowest BCUT2D eigenvalue weighted by atomic mass is 10.1. The summed E-state index contributed by atoms with van der Waals surface area (Å²) >= 11 is 3.15. The molecule has 0 fully saturated rings. The van der Waals surface area contributed by atoms with Gasteiger partial charge in [-0.1, -0.05) is 35.0 Å². The van der Waals surface area contributed by atoms with Gasteiger partial charge in [0.1, 0.15) is 6.10 Å². The van der Waals surface area contributed by atoms with Crippen molar-refractivity contribution in [2.24, 2.45) is 0 Å². The van der Waals surface area contributed by atoms with Crippen LogP contribution in [-0.2, 0) is 14.3 Å². The van der Waals surface area contributed by atoms with Gasteiger partial charge in [0.25, 0.3) is 0 Å². The van der Waals surface area contributed by atoms with Crippen LogP contribution in [-0.4, -0.2) is 13.9 Å². The Balaban J connectivity index is 3.00. The Labute approximate surface area is 111 Å². The van der Waals surface area contributed by atoms with Crippen molar-refractivity contribution in [3.8, 4) is 0 Å². The molecule has 0 amide bonds. The van der Waals surface area contributed by atoms with Crippen LogP contribution in [0.25, 0.3) is 0 Å². The number of benzene rings is 1. The summed E-state index contributed by atoms with van der Waals surface area (Å²) in [5.74, 6) is 0. The zero-order chi connectivity index (χ0) is 14.0. The normalized spacial score (nSPS) is 14.5. The molecule has 102 valence electrons. The maximum atomic E-state index is 12.2. The van der Waals surface area contributed by atoms with Crippen LogP contribution in [0.15, 0.2) is 28.7 Å². The molecule has 0 radical (unpaired) electrons. The number of rotatable bonds is 4. The van der Waals surface area contributed by atoms with E-state index in [-0.39, 0.29) is 6.42 Å². The minimum Gasteiger partial charge on any atom is -0.255 e. The molecule has 0 aliphatic heterocycles. The smallest absolute Gasteiger partial charge is 0.255 e. The summed E-state index contributed by atoms with van der Waals surface area (Å²) in [5.41, 5.74) is -5.05. The zero-order valence-electron chi connectivity index (χ0n) is 9.24. The molecule has 0 N–H and O–H groups in total. The maximum Gasteiger partial charge on any atom is 0.523 e. The van der Waals surface area contributed by atoms with Crippen molar-refractivity contribution in [3.63, 3.8) is 0 Å². The van der Waals surface area contributed by atoms with Gasteiger partial charge in [-0.2, -0.15) is 21.6 Å². The Hall–Kier alpha value is -0.600. The number of hydrogen-bond acceptors (Lipinski definition) is 3. The highest BCUT2D eigenvalue weighted by atomic mass is 79.9. The lowest BCUT2D eigenvalue weighted by molar-refractivity contribution is -0.0576.